The zero-order chi connectivity index (χ0) is 14.8. The smallest absolute Gasteiger partial charge is 0.149 e. The molecule has 1 fully saturated rings. The second-order valence-electron chi connectivity index (χ2n) is 6.15. The van der Waals surface area contributed by atoms with Crippen LogP contribution < -0.4 is 10.2 Å². The van der Waals surface area contributed by atoms with E-state index in [9.17, 15) is 8.78 Å². The van der Waals surface area contributed by atoms with E-state index in [4.69, 9.17) is 0 Å². The van der Waals surface area contributed by atoms with Crippen molar-refractivity contribution in [1.82, 2.24) is 5.32 Å². The van der Waals surface area contributed by atoms with E-state index in [1.54, 1.807) is 0 Å². The molecule has 0 bridgehead atoms. The first kappa shape index (κ1) is 15.2. The molecule has 2 rings (SSSR count). The predicted molar refractivity (Wildman–Crippen MR) is 79.0 cm³/mol. The number of nitrogens with one attached hydrogen (secondary N) is 1. The second kappa shape index (κ2) is 6.08. The average molecular weight is 282 g/mol. The summed E-state index contributed by atoms with van der Waals surface area (Å²) in [6, 6.07) is 2.91. The van der Waals surface area contributed by atoms with Crippen LogP contribution in [0.3, 0.4) is 0 Å². The fourth-order valence-corrected chi connectivity index (χ4v) is 2.91. The molecule has 0 atom stereocenters. The molecule has 1 saturated heterocycles. The molecule has 112 valence electrons. The first-order valence-corrected chi connectivity index (χ1v) is 7.42. The monoisotopic (exact) mass is 282 g/mol. The quantitative estimate of drug-likeness (QED) is 0.825. The highest BCUT2D eigenvalue weighted by atomic mass is 19.1. The topological polar surface area (TPSA) is 15.3 Å². The van der Waals surface area contributed by atoms with Crippen LogP contribution in [0.5, 0.6) is 0 Å². The molecule has 1 aliphatic rings. The predicted octanol–water partition coefficient (Wildman–Crippen LogP) is 3.84. The molecule has 0 saturated carbocycles. The van der Waals surface area contributed by atoms with Crippen molar-refractivity contribution in [3.63, 3.8) is 0 Å². The maximum Gasteiger partial charge on any atom is 0.149 e. The number of hydrogen-bond donors (Lipinski definition) is 1. The molecular weight excluding hydrogens is 258 g/mol. The van der Waals surface area contributed by atoms with Crippen LogP contribution in [-0.2, 0) is 6.54 Å². The van der Waals surface area contributed by atoms with Gasteiger partial charge in [0.2, 0.25) is 0 Å². The number of rotatable bonds is 5. The van der Waals surface area contributed by atoms with Crippen LogP contribution in [0.1, 0.15) is 45.6 Å². The van der Waals surface area contributed by atoms with E-state index in [1.807, 2.05) is 18.7 Å². The average Bonchev–Trinajstić information content (AvgIpc) is 2.69. The highest BCUT2D eigenvalue weighted by Gasteiger charge is 2.35. The normalized spacial score (nSPS) is 17.8. The molecule has 1 aromatic carbocycles. The Morgan fingerprint density at radius 2 is 1.90 bits per heavy atom. The Morgan fingerprint density at radius 1 is 1.25 bits per heavy atom. The van der Waals surface area contributed by atoms with Gasteiger partial charge in [0.15, 0.2) is 0 Å². The highest BCUT2D eigenvalue weighted by molar-refractivity contribution is 5.53. The molecule has 1 heterocycles. The third-order valence-corrected chi connectivity index (χ3v) is 4.00. The van der Waals surface area contributed by atoms with E-state index in [0.717, 1.165) is 25.8 Å². The Morgan fingerprint density at radius 3 is 2.40 bits per heavy atom. The molecule has 0 radical (unpaired) electrons. The summed E-state index contributed by atoms with van der Waals surface area (Å²) in [6.07, 6.45) is 2.95. The summed E-state index contributed by atoms with van der Waals surface area (Å²) in [5.74, 6) is -0.901. The summed E-state index contributed by atoms with van der Waals surface area (Å²) in [6.45, 7) is 8.21. The minimum atomic E-state index is -0.451. The second-order valence-corrected chi connectivity index (χ2v) is 6.15. The van der Waals surface area contributed by atoms with Crippen LogP contribution in [0.15, 0.2) is 12.1 Å². The Labute approximate surface area is 120 Å². The van der Waals surface area contributed by atoms with E-state index >= 15 is 0 Å². The van der Waals surface area contributed by atoms with Crippen molar-refractivity contribution >= 4 is 5.69 Å². The number of hydrogen-bond acceptors (Lipinski definition) is 2. The van der Waals surface area contributed by atoms with Gasteiger partial charge in [0, 0.05) is 18.6 Å². The van der Waals surface area contributed by atoms with E-state index in [-0.39, 0.29) is 11.2 Å². The minimum Gasteiger partial charge on any atom is -0.362 e. The SMILES string of the molecule is CCCNCc1cc(F)c(N2CCCC2(C)C)c(F)c1. The summed E-state index contributed by atoms with van der Waals surface area (Å²) in [4.78, 5) is 1.86. The van der Waals surface area contributed by atoms with Crippen LogP contribution in [0, 0.1) is 11.6 Å². The molecule has 1 aliphatic heterocycles. The molecule has 1 aromatic rings. The number of benzene rings is 1. The first-order valence-electron chi connectivity index (χ1n) is 7.42. The van der Waals surface area contributed by atoms with E-state index in [2.05, 4.69) is 12.2 Å². The third kappa shape index (κ3) is 3.11. The maximum atomic E-state index is 14.3. The molecular formula is C16H24F2N2. The lowest BCUT2D eigenvalue weighted by atomic mass is 10.0. The van der Waals surface area contributed by atoms with Crippen LogP contribution in [0.2, 0.25) is 0 Å². The van der Waals surface area contributed by atoms with Gasteiger partial charge in [-0.15, -0.1) is 0 Å². The zero-order valence-corrected chi connectivity index (χ0v) is 12.6. The molecule has 0 unspecified atom stereocenters. The molecule has 0 spiro atoms. The van der Waals surface area contributed by atoms with Crippen molar-refractivity contribution in [2.24, 2.45) is 0 Å². The van der Waals surface area contributed by atoms with E-state index in [0.29, 0.717) is 18.7 Å². The Hall–Kier alpha value is -1.16. The van der Waals surface area contributed by atoms with Crippen molar-refractivity contribution in [3.05, 3.63) is 29.3 Å². The van der Waals surface area contributed by atoms with Gasteiger partial charge in [0.25, 0.3) is 0 Å². The van der Waals surface area contributed by atoms with Crippen LogP contribution in [0.25, 0.3) is 0 Å². The summed E-state index contributed by atoms with van der Waals surface area (Å²) in [5.41, 5.74) is 0.616. The Kier molecular flexibility index (Phi) is 4.63. The summed E-state index contributed by atoms with van der Waals surface area (Å²) in [5, 5.41) is 3.16. The molecule has 2 nitrogen and oxygen atoms in total. The molecule has 0 aromatic heterocycles. The Balaban J connectivity index is 2.23. The first-order chi connectivity index (χ1) is 9.45. The summed E-state index contributed by atoms with van der Waals surface area (Å²) < 4.78 is 28.6. The van der Waals surface area contributed by atoms with Gasteiger partial charge >= 0.3 is 0 Å². The third-order valence-electron chi connectivity index (χ3n) is 4.00. The number of anilines is 1. The van der Waals surface area contributed by atoms with Gasteiger partial charge in [-0.2, -0.15) is 0 Å². The molecule has 0 aliphatic carbocycles. The zero-order valence-electron chi connectivity index (χ0n) is 12.6. The molecule has 20 heavy (non-hydrogen) atoms. The van der Waals surface area contributed by atoms with E-state index < -0.39 is 11.6 Å². The van der Waals surface area contributed by atoms with Gasteiger partial charge in [-0.25, -0.2) is 8.78 Å². The van der Waals surface area contributed by atoms with Gasteiger partial charge in [-0.1, -0.05) is 6.92 Å². The van der Waals surface area contributed by atoms with Crippen molar-refractivity contribution in [3.8, 4) is 0 Å². The van der Waals surface area contributed by atoms with E-state index in [1.165, 1.54) is 12.1 Å². The lowest BCUT2D eigenvalue weighted by Gasteiger charge is -2.34. The van der Waals surface area contributed by atoms with Crippen molar-refractivity contribution in [1.29, 1.82) is 0 Å². The van der Waals surface area contributed by atoms with Gasteiger partial charge < -0.3 is 10.2 Å². The summed E-state index contributed by atoms with van der Waals surface area (Å²) in [7, 11) is 0. The van der Waals surface area contributed by atoms with Gasteiger partial charge in [-0.05, 0) is 57.4 Å². The van der Waals surface area contributed by atoms with Crippen LogP contribution in [-0.4, -0.2) is 18.6 Å². The van der Waals surface area contributed by atoms with Crippen molar-refractivity contribution in [2.75, 3.05) is 18.0 Å². The Bertz CT molecular complexity index is 449. The summed E-state index contributed by atoms with van der Waals surface area (Å²) >= 11 is 0. The number of nitrogens with zero attached hydrogens (tertiary/aromatic N) is 1. The van der Waals surface area contributed by atoms with Crippen LogP contribution in [0.4, 0.5) is 14.5 Å². The van der Waals surface area contributed by atoms with Crippen molar-refractivity contribution < 1.29 is 8.78 Å². The molecule has 1 N–H and O–H groups in total. The largest absolute Gasteiger partial charge is 0.362 e. The number of halogens is 2. The fourth-order valence-electron chi connectivity index (χ4n) is 2.91. The van der Waals surface area contributed by atoms with Crippen molar-refractivity contribution in [2.45, 2.75) is 52.1 Å². The lowest BCUT2D eigenvalue weighted by Crippen LogP contribution is -2.39. The molecule has 4 heteroatoms. The van der Waals surface area contributed by atoms with Gasteiger partial charge in [-0.3, -0.25) is 0 Å². The van der Waals surface area contributed by atoms with Gasteiger partial charge in [0.1, 0.15) is 17.3 Å². The minimum absolute atomic E-state index is 0.131. The highest BCUT2D eigenvalue weighted by Crippen LogP contribution is 2.37. The fraction of sp³-hybridized carbons (Fsp3) is 0.625. The molecule has 0 amide bonds. The lowest BCUT2D eigenvalue weighted by molar-refractivity contribution is 0.490. The van der Waals surface area contributed by atoms with Crippen LogP contribution >= 0.6 is 0 Å². The standard InChI is InChI=1S/C16H24F2N2/c1-4-7-19-11-12-9-13(17)15(14(18)10-12)20-8-5-6-16(20,2)3/h9-10,19H,4-8,11H2,1-3H3. The maximum absolute atomic E-state index is 14.3. The van der Waals surface area contributed by atoms with Gasteiger partial charge in [0.05, 0.1) is 0 Å².